The van der Waals surface area contributed by atoms with Crippen molar-refractivity contribution in [1.29, 1.82) is 0 Å². The van der Waals surface area contributed by atoms with E-state index in [9.17, 15) is 0 Å². The molecule has 100 valence electrons. The lowest BCUT2D eigenvalue weighted by Gasteiger charge is -2.21. The Kier molecular flexibility index (Phi) is 3.80. The third-order valence-corrected chi connectivity index (χ3v) is 3.03. The molecule has 0 heterocycles. The van der Waals surface area contributed by atoms with Crippen molar-refractivity contribution in [3.05, 3.63) is 42.5 Å². The quantitative estimate of drug-likeness (QED) is 0.856. The summed E-state index contributed by atoms with van der Waals surface area (Å²) in [7, 11) is 5.25. The van der Waals surface area contributed by atoms with Crippen molar-refractivity contribution in [2.24, 2.45) is 0 Å². The molecule has 0 aliphatic heterocycles. The number of nitrogen functional groups attached to an aromatic ring is 1. The highest BCUT2D eigenvalue weighted by molar-refractivity contribution is 5.67. The number of hydrogen-bond acceptors (Lipinski definition) is 4. The van der Waals surface area contributed by atoms with E-state index in [4.69, 9.17) is 15.2 Å². The molecular weight excluding hydrogens is 240 g/mol. The van der Waals surface area contributed by atoms with Crippen LogP contribution in [-0.2, 0) is 0 Å². The zero-order valence-electron chi connectivity index (χ0n) is 11.4. The van der Waals surface area contributed by atoms with Crippen LogP contribution in [0.4, 0.5) is 17.1 Å². The number of nitrogens with zero attached hydrogens (tertiary/aromatic N) is 1. The van der Waals surface area contributed by atoms with Crippen LogP contribution in [0, 0.1) is 0 Å². The fourth-order valence-electron chi connectivity index (χ4n) is 1.88. The lowest BCUT2D eigenvalue weighted by atomic mass is 10.2. The molecule has 4 nitrogen and oxygen atoms in total. The zero-order valence-corrected chi connectivity index (χ0v) is 11.4. The summed E-state index contributed by atoms with van der Waals surface area (Å²) in [6.45, 7) is 0. The molecule has 0 spiro atoms. The fraction of sp³-hybridized carbons (Fsp3) is 0.200. The van der Waals surface area contributed by atoms with Gasteiger partial charge in [-0.05, 0) is 36.4 Å². The van der Waals surface area contributed by atoms with Crippen LogP contribution in [0.3, 0.4) is 0 Å². The van der Waals surface area contributed by atoms with Gasteiger partial charge in [0.15, 0.2) is 11.5 Å². The Morgan fingerprint density at radius 2 is 1.42 bits per heavy atom. The molecule has 0 aromatic heterocycles. The molecule has 0 bridgehead atoms. The zero-order chi connectivity index (χ0) is 13.8. The van der Waals surface area contributed by atoms with E-state index in [1.807, 2.05) is 49.5 Å². The topological polar surface area (TPSA) is 47.7 Å². The van der Waals surface area contributed by atoms with Crippen molar-refractivity contribution >= 4 is 17.1 Å². The first-order valence-electron chi connectivity index (χ1n) is 5.97. The van der Waals surface area contributed by atoms with Crippen LogP contribution in [-0.4, -0.2) is 21.3 Å². The second-order valence-electron chi connectivity index (χ2n) is 4.19. The van der Waals surface area contributed by atoms with Crippen LogP contribution < -0.4 is 20.1 Å². The van der Waals surface area contributed by atoms with Crippen LogP contribution in [0.15, 0.2) is 42.5 Å². The number of benzene rings is 2. The Labute approximate surface area is 113 Å². The van der Waals surface area contributed by atoms with E-state index in [0.29, 0.717) is 5.75 Å². The van der Waals surface area contributed by atoms with Crippen molar-refractivity contribution < 1.29 is 9.47 Å². The predicted molar refractivity (Wildman–Crippen MR) is 78.5 cm³/mol. The third kappa shape index (κ3) is 2.73. The minimum absolute atomic E-state index is 0.710. The Balaban J connectivity index is 2.33. The van der Waals surface area contributed by atoms with Gasteiger partial charge in [-0.25, -0.2) is 0 Å². The number of rotatable bonds is 4. The summed E-state index contributed by atoms with van der Waals surface area (Å²) in [6.07, 6.45) is 0. The molecule has 0 saturated heterocycles. The molecule has 2 aromatic carbocycles. The van der Waals surface area contributed by atoms with E-state index in [0.717, 1.165) is 22.8 Å². The number of ether oxygens (including phenoxy) is 2. The van der Waals surface area contributed by atoms with Crippen LogP contribution >= 0.6 is 0 Å². The summed E-state index contributed by atoms with van der Waals surface area (Å²) < 4.78 is 10.5. The van der Waals surface area contributed by atoms with Gasteiger partial charge in [-0.1, -0.05) is 0 Å². The van der Waals surface area contributed by atoms with Gasteiger partial charge in [0, 0.05) is 30.2 Å². The van der Waals surface area contributed by atoms with Crippen LogP contribution in [0.2, 0.25) is 0 Å². The normalized spacial score (nSPS) is 10.1. The largest absolute Gasteiger partial charge is 0.493 e. The summed E-state index contributed by atoms with van der Waals surface area (Å²) in [4.78, 5) is 2.06. The second kappa shape index (κ2) is 5.52. The maximum atomic E-state index is 5.69. The molecule has 2 aromatic rings. The summed E-state index contributed by atoms with van der Waals surface area (Å²) in [5.41, 5.74) is 8.52. The Hall–Kier alpha value is -2.36. The molecule has 0 aliphatic rings. The maximum Gasteiger partial charge on any atom is 0.162 e. The van der Waals surface area contributed by atoms with Crippen molar-refractivity contribution in [3.8, 4) is 11.5 Å². The predicted octanol–water partition coefficient (Wildman–Crippen LogP) is 3.05. The van der Waals surface area contributed by atoms with E-state index >= 15 is 0 Å². The average Bonchev–Trinajstić information content (AvgIpc) is 2.46. The minimum atomic E-state index is 0.710. The first-order chi connectivity index (χ1) is 9.15. The molecule has 19 heavy (non-hydrogen) atoms. The van der Waals surface area contributed by atoms with Gasteiger partial charge >= 0.3 is 0 Å². The molecule has 0 radical (unpaired) electrons. The lowest BCUT2D eigenvalue weighted by molar-refractivity contribution is 0.355. The van der Waals surface area contributed by atoms with E-state index in [1.165, 1.54) is 0 Å². The summed E-state index contributed by atoms with van der Waals surface area (Å²) >= 11 is 0. The molecule has 2 N–H and O–H groups in total. The Bertz CT molecular complexity index is 553. The van der Waals surface area contributed by atoms with E-state index in [2.05, 4.69) is 4.90 Å². The summed E-state index contributed by atoms with van der Waals surface area (Å²) in [5, 5.41) is 0. The van der Waals surface area contributed by atoms with Crippen molar-refractivity contribution in [2.45, 2.75) is 0 Å². The van der Waals surface area contributed by atoms with E-state index < -0.39 is 0 Å². The Morgan fingerprint density at radius 1 is 0.842 bits per heavy atom. The number of hydrogen-bond donors (Lipinski definition) is 1. The van der Waals surface area contributed by atoms with Gasteiger partial charge in [-0.2, -0.15) is 0 Å². The molecule has 0 unspecified atom stereocenters. The van der Waals surface area contributed by atoms with Crippen LogP contribution in [0.25, 0.3) is 0 Å². The van der Waals surface area contributed by atoms with Crippen molar-refractivity contribution in [1.82, 2.24) is 0 Å². The molecule has 4 heteroatoms. The van der Waals surface area contributed by atoms with Gasteiger partial charge in [-0.15, -0.1) is 0 Å². The van der Waals surface area contributed by atoms with Crippen LogP contribution in [0.5, 0.6) is 11.5 Å². The highest BCUT2D eigenvalue weighted by Gasteiger charge is 2.09. The highest BCUT2D eigenvalue weighted by Crippen LogP contribution is 2.33. The molecule has 0 fully saturated rings. The number of methoxy groups -OCH3 is 2. The van der Waals surface area contributed by atoms with Gasteiger partial charge in [-0.3, -0.25) is 0 Å². The maximum absolute atomic E-state index is 5.69. The second-order valence-corrected chi connectivity index (χ2v) is 4.19. The fourth-order valence-corrected chi connectivity index (χ4v) is 1.88. The average molecular weight is 258 g/mol. The van der Waals surface area contributed by atoms with E-state index in [-0.39, 0.29) is 0 Å². The van der Waals surface area contributed by atoms with Gasteiger partial charge < -0.3 is 20.1 Å². The van der Waals surface area contributed by atoms with Gasteiger partial charge in [0.05, 0.1) is 14.2 Å². The third-order valence-electron chi connectivity index (χ3n) is 3.03. The molecule has 0 aliphatic carbocycles. The molecule has 0 atom stereocenters. The van der Waals surface area contributed by atoms with Gasteiger partial charge in [0.25, 0.3) is 0 Å². The first kappa shape index (κ1) is 13.1. The van der Waals surface area contributed by atoms with Crippen LogP contribution in [0.1, 0.15) is 0 Å². The van der Waals surface area contributed by atoms with Gasteiger partial charge in [0.2, 0.25) is 0 Å². The Morgan fingerprint density at radius 3 is 2.00 bits per heavy atom. The van der Waals surface area contributed by atoms with Gasteiger partial charge in [0.1, 0.15) is 0 Å². The molecule has 0 saturated carbocycles. The molecule has 2 rings (SSSR count). The SMILES string of the molecule is COc1ccc(N(C)c2ccc(N)cc2)cc1OC. The molecular formula is C15H18N2O2. The number of anilines is 3. The first-order valence-corrected chi connectivity index (χ1v) is 5.97. The monoisotopic (exact) mass is 258 g/mol. The smallest absolute Gasteiger partial charge is 0.162 e. The molecule has 0 amide bonds. The summed E-state index contributed by atoms with van der Waals surface area (Å²) in [5.74, 6) is 1.43. The highest BCUT2D eigenvalue weighted by atomic mass is 16.5. The van der Waals surface area contributed by atoms with E-state index in [1.54, 1.807) is 14.2 Å². The minimum Gasteiger partial charge on any atom is -0.493 e. The lowest BCUT2D eigenvalue weighted by Crippen LogP contribution is -2.09. The summed E-state index contributed by atoms with van der Waals surface area (Å²) in [6, 6.07) is 13.5. The number of nitrogens with two attached hydrogens (primary N) is 1. The standard InChI is InChI=1S/C15H18N2O2/c1-17(12-6-4-11(16)5-7-12)13-8-9-14(18-2)15(10-13)19-3/h4-10H,16H2,1-3H3. The van der Waals surface area contributed by atoms with Crippen molar-refractivity contribution in [2.75, 3.05) is 31.9 Å². The van der Waals surface area contributed by atoms with Crippen molar-refractivity contribution in [3.63, 3.8) is 0 Å².